The van der Waals surface area contributed by atoms with Crippen molar-refractivity contribution in [3.8, 4) is 0 Å². The molecule has 28 heavy (non-hydrogen) atoms. The maximum absolute atomic E-state index is 12.1. The molecule has 0 amide bonds. The number of aliphatic hydroxyl groups is 1. The quantitative estimate of drug-likeness (QED) is 0.701. The van der Waals surface area contributed by atoms with Crippen molar-refractivity contribution < 1.29 is 5.11 Å². The normalized spacial score (nSPS) is 24.1. The zero-order chi connectivity index (χ0) is 20.3. The number of halogens is 1. The minimum absolute atomic E-state index is 0.217. The first-order valence-corrected chi connectivity index (χ1v) is 10.6. The van der Waals surface area contributed by atoms with E-state index in [1.54, 1.807) is 0 Å². The third kappa shape index (κ3) is 4.86. The first-order chi connectivity index (χ1) is 13.3. The van der Waals surface area contributed by atoms with Crippen molar-refractivity contribution in [2.45, 2.75) is 45.1 Å². The van der Waals surface area contributed by atoms with E-state index in [1.807, 2.05) is 24.3 Å². The maximum atomic E-state index is 12.1. The van der Waals surface area contributed by atoms with E-state index in [0.29, 0.717) is 6.42 Å². The van der Waals surface area contributed by atoms with Crippen LogP contribution in [-0.4, -0.2) is 36.2 Å². The fourth-order valence-corrected chi connectivity index (χ4v) is 4.56. The second kappa shape index (κ2) is 8.82. The average molecular weight is 398 g/mol. The monoisotopic (exact) mass is 397 g/mol. The number of hydrogen-bond acceptors (Lipinski definition) is 2. The molecule has 0 spiro atoms. The molecule has 1 aliphatic rings. The van der Waals surface area contributed by atoms with Gasteiger partial charge in [0, 0.05) is 23.9 Å². The third-order valence-electron chi connectivity index (χ3n) is 5.99. The van der Waals surface area contributed by atoms with Gasteiger partial charge >= 0.3 is 0 Å². The van der Waals surface area contributed by atoms with E-state index >= 15 is 0 Å². The van der Waals surface area contributed by atoms with Gasteiger partial charge in [-0.3, -0.25) is 0 Å². The van der Waals surface area contributed by atoms with Crippen molar-refractivity contribution in [1.29, 1.82) is 0 Å². The molecule has 0 heterocycles. The smallest absolute Gasteiger partial charge is 0.0940 e. The second-order valence-electron chi connectivity index (χ2n) is 8.60. The summed E-state index contributed by atoms with van der Waals surface area (Å²) in [4.78, 5) is 2.20. The van der Waals surface area contributed by atoms with Gasteiger partial charge in [-0.25, -0.2) is 0 Å². The molecule has 0 aromatic heterocycles. The van der Waals surface area contributed by atoms with E-state index in [0.717, 1.165) is 42.0 Å². The predicted molar refractivity (Wildman–Crippen MR) is 120 cm³/mol. The Morgan fingerprint density at radius 2 is 1.86 bits per heavy atom. The van der Waals surface area contributed by atoms with Gasteiger partial charge in [-0.1, -0.05) is 53.6 Å². The van der Waals surface area contributed by atoms with E-state index in [-0.39, 0.29) is 5.92 Å². The summed E-state index contributed by atoms with van der Waals surface area (Å²) in [5.41, 5.74) is 5.15. The molecule has 3 heteroatoms. The molecule has 0 bridgehead atoms. The molecule has 2 aromatic rings. The molecule has 2 unspecified atom stereocenters. The second-order valence-corrected chi connectivity index (χ2v) is 9.04. The van der Waals surface area contributed by atoms with Gasteiger partial charge in [-0.2, -0.15) is 0 Å². The molecule has 0 radical (unpaired) electrons. The van der Waals surface area contributed by atoms with Crippen LogP contribution in [0.25, 0.3) is 6.08 Å². The zero-order valence-electron chi connectivity index (χ0n) is 17.5. The van der Waals surface area contributed by atoms with Gasteiger partial charge in [-0.15, -0.1) is 0 Å². The molecule has 2 aromatic carbocycles. The lowest BCUT2D eigenvalue weighted by molar-refractivity contribution is -0.0124. The summed E-state index contributed by atoms with van der Waals surface area (Å²) < 4.78 is 0. The van der Waals surface area contributed by atoms with Gasteiger partial charge in [-0.05, 0) is 81.6 Å². The first-order valence-electron chi connectivity index (χ1n) is 10.2. The molecule has 0 saturated heterocycles. The molecule has 3 rings (SSSR count). The Morgan fingerprint density at radius 1 is 1.14 bits per heavy atom. The van der Waals surface area contributed by atoms with Crippen molar-refractivity contribution in [3.05, 3.63) is 75.3 Å². The van der Waals surface area contributed by atoms with E-state index in [4.69, 9.17) is 11.6 Å². The van der Waals surface area contributed by atoms with Crippen LogP contribution in [0.3, 0.4) is 0 Å². The highest BCUT2D eigenvalue weighted by atomic mass is 35.5. The predicted octanol–water partition coefficient (Wildman–Crippen LogP) is 5.68. The topological polar surface area (TPSA) is 23.5 Å². The highest BCUT2D eigenvalue weighted by molar-refractivity contribution is 6.30. The highest BCUT2D eigenvalue weighted by Crippen LogP contribution is 2.42. The van der Waals surface area contributed by atoms with Crippen molar-refractivity contribution in [1.82, 2.24) is 4.90 Å². The lowest BCUT2D eigenvalue weighted by Crippen LogP contribution is -2.48. The van der Waals surface area contributed by atoms with Crippen LogP contribution in [0.15, 0.2) is 48.0 Å². The molecule has 150 valence electrons. The first kappa shape index (κ1) is 21.1. The Labute approximate surface area is 174 Å². The molecular formula is C25H32ClNO. The summed E-state index contributed by atoms with van der Waals surface area (Å²) in [6.07, 6.45) is 5.96. The molecule has 1 saturated carbocycles. The van der Waals surface area contributed by atoms with Gasteiger partial charge in [0.2, 0.25) is 0 Å². The van der Waals surface area contributed by atoms with Crippen molar-refractivity contribution in [2.24, 2.45) is 5.92 Å². The summed E-state index contributed by atoms with van der Waals surface area (Å²) in [6, 6.07) is 14.4. The summed E-state index contributed by atoms with van der Waals surface area (Å²) in [5, 5.41) is 12.8. The number of aryl methyl sites for hydroxylation is 2. The number of rotatable bonds is 5. The maximum Gasteiger partial charge on any atom is 0.0940 e. The Bertz CT molecular complexity index is 840. The van der Waals surface area contributed by atoms with Crippen LogP contribution in [0.5, 0.6) is 0 Å². The minimum Gasteiger partial charge on any atom is -0.385 e. The largest absolute Gasteiger partial charge is 0.385 e. The average Bonchev–Trinajstić information content (AvgIpc) is 2.63. The summed E-state index contributed by atoms with van der Waals surface area (Å²) in [7, 11) is 4.19. The summed E-state index contributed by atoms with van der Waals surface area (Å²) in [6.45, 7) is 5.15. The Hall–Kier alpha value is -1.61. The van der Waals surface area contributed by atoms with E-state index in [1.165, 1.54) is 16.7 Å². The van der Waals surface area contributed by atoms with Crippen LogP contribution >= 0.6 is 11.6 Å². The number of hydrogen-bond donors (Lipinski definition) is 1. The van der Waals surface area contributed by atoms with Crippen LogP contribution in [0, 0.1) is 19.8 Å². The Balaban J connectivity index is 2.03. The molecule has 0 aliphatic heterocycles. The Kier molecular flexibility index (Phi) is 6.65. The van der Waals surface area contributed by atoms with Crippen molar-refractivity contribution in [3.63, 3.8) is 0 Å². The van der Waals surface area contributed by atoms with Gasteiger partial charge in [0.1, 0.15) is 0 Å². The zero-order valence-corrected chi connectivity index (χ0v) is 18.3. The molecular weight excluding hydrogens is 366 g/mol. The summed E-state index contributed by atoms with van der Waals surface area (Å²) in [5.74, 6) is 0.217. The van der Waals surface area contributed by atoms with Crippen LogP contribution < -0.4 is 0 Å². The van der Waals surface area contributed by atoms with Gasteiger partial charge in [0.25, 0.3) is 0 Å². The molecule has 1 fully saturated rings. The van der Waals surface area contributed by atoms with Crippen LogP contribution in [-0.2, 0) is 6.42 Å². The van der Waals surface area contributed by atoms with E-state index in [9.17, 15) is 5.11 Å². The third-order valence-corrected chi connectivity index (χ3v) is 6.24. The van der Waals surface area contributed by atoms with Gasteiger partial charge in [0.15, 0.2) is 0 Å². The lowest BCUT2D eigenvalue weighted by Gasteiger charge is -2.44. The van der Waals surface area contributed by atoms with Gasteiger partial charge < -0.3 is 10.0 Å². The SMILES string of the molecule is Cc1ccc(C)c(CC2(O)/C(=C/c3ccc(Cl)cc3)CCCC2CN(C)C)c1. The number of nitrogens with zero attached hydrogens (tertiary/aromatic N) is 1. The van der Waals surface area contributed by atoms with Crippen molar-refractivity contribution >= 4 is 17.7 Å². The molecule has 2 nitrogen and oxygen atoms in total. The minimum atomic E-state index is -0.833. The standard InChI is InChI=1S/C25H32ClNO/c1-18-8-9-19(2)21(14-18)16-25(28)22(6-5-7-23(25)17-27(3)4)15-20-10-12-24(26)13-11-20/h8-15,23,28H,5-7,16-17H2,1-4H3/b22-15+. The number of benzene rings is 2. The molecule has 1 aliphatic carbocycles. The van der Waals surface area contributed by atoms with Crippen molar-refractivity contribution in [2.75, 3.05) is 20.6 Å². The molecule has 2 atom stereocenters. The van der Waals surface area contributed by atoms with E-state index in [2.05, 4.69) is 57.1 Å². The fraction of sp³-hybridized carbons (Fsp3) is 0.440. The van der Waals surface area contributed by atoms with E-state index < -0.39 is 5.60 Å². The van der Waals surface area contributed by atoms with Crippen LogP contribution in [0.1, 0.15) is 41.5 Å². The van der Waals surface area contributed by atoms with Crippen LogP contribution in [0.4, 0.5) is 0 Å². The van der Waals surface area contributed by atoms with Gasteiger partial charge in [0.05, 0.1) is 5.60 Å². The lowest BCUT2D eigenvalue weighted by atomic mass is 9.68. The highest BCUT2D eigenvalue weighted by Gasteiger charge is 2.42. The fourth-order valence-electron chi connectivity index (χ4n) is 4.44. The molecule has 1 N–H and O–H groups in total. The van der Waals surface area contributed by atoms with Crippen LogP contribution in [0.2, 0.25) is 5.02 Å². The Morgan fingerprint density at radius 3 is 2.54 bits per heavy atom. The summed E-state index contributed by atoms with van der Waals surface area (Å²) >= 11 is 6.05.